The van der Waals surface area contributed by atoms with Crippen LogP contribution in [0.15, 0.2) is 42.7 Å². The van der Waals surface area contributed by atoms with Crippen LogP contribution in [-0.4, -0.2) is 29.8 Å². The fourth-order valence-corrected chi connectivity index (χ4v) is 2.25. The number of carbonyl (C=O) groups is 2. The molecule has 1 fully saturated rings. The highest BCUT2D eigenvalue weighted by Crippen LogP contribution is 2.15. The van der Waals surface area contributed by atoms with Crippen molar-refractivity contribution in [2.75, 3.05) is 18.4 Å². The molecule has 1 aromatic rings. The minimum atomic E-state index is -0.282. The third-order valence-corrected chi connectivity index (χ3v) is 3.28. The number of anilines is 1. The van der Waals surface area contributed by atoms with Crippen molar-refractivity contribution in [1.29, 1.82) is 0 Å². The minimum absolute atomic E-state index is 0.0635. The monoisotopic (exact) mass is 270 g/mol. The van der Waals surface area contributed by atoms with Crippen molar-refractivity contribution < 1.29 is 9.59 Å². The second-order valence-electron chi connectivity index (χ2n) is 4.77. The summed E-state index contributed by atoms with van der Waals surface area (Å²) in [5.41, 5.74) is 3.72. The van der Waals surface area contributed by atoms with E-state index in [4.69, 9.17) is 0 Å². The van der Waals surface area contributed by atoms with Crippen LogP contribution in [0.4, 0.5) is 5.69 Å². The van der Waals surface area contributed by atoms with Gasteiger partial charge in [0.2, 0.25) is 0 Å². The van der Waals surface area contributed by atoms with E-state index in [0.717, 1.165) is 25.9 Å². The molecule has 0 aromatic heterocycles. The van der Waals surface area contributed by atoms with Crippen molar-refractivity contribution in [1.82, 2.24) is 4.90 Å². The Morgan fingerprint density at radius 2 is 1.80 bits per heavy atom. The first kappa shape index (κ1) is 14.1. The molecule has 1 aliphatic rings. The van der Waals surface area contributed by atoms with Crippen LogP contribution in [0.5, 0.6) is 0 Å². The lowest BCUT2D eigenvalue weighted by molar-refractivity contribution is -0.111. The lowest BCUT2D eigenvalue weighted by Crippen LogP contribution is -2.35. The molecule has 0 bridgehead atoms. The average molecular weight is 270 g/mol. The number of benzene rings is 1. The van der Waals surface area contributed by atoms with Gasteiger partial charge in [0.1, 0.15) is 0 Å². The number of nitrogens with zero attached hydrogens (tertiary/aromatic N) is 1. The van der Waals surface area contributed by atoms with Gasteiger partial charge >= 0.3 is 0 Å². The van der Waals surface area contributed by atoms with Crippen molar-refractivity contribution >= 4 is 17.5 Å². The van der Waals surface area contributed by atoms with Crippen molar-refractivity contribution in [2.24, 2.45) is 0 Å². The molecule has 4 nitrogen and oxygen atoms in total. The molecule has 0 aliphatic carbocycles. The molecule has 2 rings (SSSR count). The van der Waals surface area contributed by atoms with Crippen LogP contribution in [0.2, 0.25) is 0 Å². The predicted molar refractivity (Wildman–Crippen MR) is 78.5 cm³/mol. The maximum absolute atomic E-state index is 12.2. The molecule has 20 heavy (non-hydrogen) atoms. The topological polar surface area (TPSA) is 49.4 Å². The molecule has 4 heteroatoms. The summed E-state index contributed by atoms with van der Waals surface area (Å²) in [7, 11) is 0. The molecular weight excluding hydrogens is 252 g/mol. The fraction of sp³-hybridized carbons (Fsp3) is 0.312. The number of piperidine rings is 1. The van der Waals surface area contributed by atoms with Crippen LogP contribution in [0.25, 0.3) is 0 Å². The van der Waals surface area contributed by atoms with Gasteiger partial charge < -0.3 is 10.2 Å². The lowest BCUT2D eigenvalue weighted by atomic mass is 10.1. The van der Waals surface area contributed by atoms with Crippen LogP contribution in [0, 0.1) is 0 Å². The van der Waals surface area contributed by atoms with E-state index in [1.165, 1.54) is 12.5 Å². The van der Waals surface area contributed by atoms with Crippen LogP contribution in [-0.2, 0) is 4.79 Å². The molecule has 0 atom stereocenters. The van der Waals surface area contributed by atoms with Gasteiger partial charge in [0.25, 0.3) is 11.8 Å². The van der Waals surface area contributed by atoms with Crippen LogP contribution in [0.1, 0.15) is 29.6 Å². The predicted octanol–water partition coefficient (Wildman–Crippen LogP) is 2.59. The van der Waals surface area contributed by atoms with Crippen molar-refractivity contribution in [2.45, 2.75) is 19.3 Å². The van der Waals surface area contributed by atoms with Gasteiger partial charge in [0.05, 0.1) is 0 Å². The molecule has 1 heterocycles. The molecule has 104 valence electrons. The minimum Gasteiger partial charge on any atom is -0.339 e. The van der Waals surface area contributed by atoms with Gasteiger partial charge in [-0.1, -0.05) is 6.58 Å². The Hall–Kier alpha value is -2.32. The van der Waals surface area contributed by atoms with Gasteiger partial charge in [0.15, 0.2) is 0 Å². The third kappa shape index (κ3) is 3.59. The second kappa shape index (κ2) is 6.73. The van der Waals surface area contributed by atoms with Gasteiger partial charge in [-0.3, -0.25) is 9.59 Å². The van der Waals surface area contributed by atoms with Crippen molar-refractivity contribution in [3.63, 3.8) is 0 Å². The van der Waals surface area contributed by atoms with Crippen LogP contribution < -0.4 is 5.32 Å². The molecule has 1 aliphatic heterocycles. The molecule has 1 saturated heterocycles. The fourth-order valence-electron chi connectivity index (χ4n) is 2.25. The third-order valence-electron chi connectivity index (χ3n) is 3.28. The van der Waals surface area contributed by atoms with E-state index in [1.54, 1.807) is 24.3 Å². The van der Waals surface area contributed by atoms with E-state index in [-0.39, 0.29) is 11.8 Å². The van der Waals surface area contributed by atoms with Gasteiger partial charge in [-0.25, -0.2) is 0 Å². The van der Waals surface area contributed by atoms with E-state index >= 15 is 0 Å². The highest BCUT2D eigenvalue weighted by atomic mass is 16.2. The quantitative estimate of drug-likeness (QED) is 0.678. The largest absolute Gasteiger partial charge is 0.339 e. The highest BCUT2D eigenvalue weighted by molar-refractivity contribution is 6.00. The second-order valence-corrected chi connectivity index (χ2v) is 4.77. The molecule has 0 saturated carbocycles. The van der Waals surface area contributed by atoms with Crippen molar-refractivity contribution in [3.8, 4) is 0 Å². The molecule has 0 unspecified atom stereocenters. The summed E-state index contributed by atoms with van der Waals surface area (Å²) in [5, 5.41) is 2.67. The molecule has 1 aromatic carbocycles. The number of hydrogen-bond acceptors (Lipinski definition) is 2. The summed E-state index contributed by atoms with van der Waals surface area (Å²) in [6.07, 6.45) is 4.58. The Morgan fingerprint density at radius 1 is 1.15 bits per heavy atom. The Balaban J connectivity index is 2.01. The molecule has 2 amide bonds. The Kier molecular flexibility index (Phi) is 4.75. The number of nitrogens with one attached hydrogen (secondary N) is 1. The number of rotatable bonds is 3. The number of amides is 2. The molecule has 1 N–H and O–H groups in total. The maximum atomic E-state index is 12.2. The number of carbonyl (C=O) groups excluding carboxylic acids is 2. The summed E-state index contributed by atoms with van der Waals surface area (Å²) < 4.78 is 0. The van der Waals surface area contributed by atoms with E-state index in [2.05, 4.69) is 17.6 Å². The van der Waals surface area contributed by atoms with Crippen molar-refractivity contribution in [3.05, 3.63) is 48.2 Å². The van der Waals surface area contributed by atoms with Gasteiger partial charge in [-0.05, 0) is 43.5 Å². The Labute approximate surface area is 118 Å². The Bertz CT molecular complexity index is 536. The zero-order valence-electron chi connectivity index (χ0n) is 11.4. The van der Waals surface area contributed by atoms with E-state index in [9.17, 15) is 9.59 Å². The average Bonchev–Trinajstić information content (AvgIpc) is 2.48. The number of hydrogen-bond donors (Lipinski definition) is 1. The highest BCUT2D eigenvalue weighted by Gasteiger charge is 2.17. The molecular formula is C16H18N2O2. The van der Waals surface area contributed by atoms with Crippen LogP contribution >= 0.6 is 0 Å². The van der Waals surface area contributed by atoms with E-state index in [0.29, 0.717) is 11.3 Å². The van der Waals surface area contributed by atoms with Crippen LogP contribution in [0.3, 0.4) is 0 Å². The summed E-state index contributed by atoms with van der Waals surface area (Å²) in [4.78, 5) is 25.5. The number of likely N-dealkylation sites (tertiary alicyclic amines) is 1. The normalized spacial score (nSPS) is 14.3. The summed E-state index contributed by atoms with van der Waals surface area (Å²) in [5.74, 6) is -0.219. The standard InChI is InChI=1S/C16H18N2O2/c1-2-6-15(19)17-14-9-7-13(8-10-14)16(20)18-11-4-3-5-12-18/h6-10H,1,3-5,11-12H2,(H,17,19). The zero-order valence-corrected chi connectivity index (χ0v) is 11.4. The van der Waals surface area contributed by atoms with Gasteiger partial charge in [-0.2, -0.15) is 0 Å². The zero-order chi connectivity index (χ0) is 14.4. The Morgan fingerprint density at radius 3 is 2.40 bits per heavy atom. The maximum Gasteiger partial charge on any atom is 0.256 e. The van der Waals surface area contributed by atoms with Gasteiger partial charge in [0, 0.05) is 30.4 Å². The summed E-state index contributed by atoms with van der Waals surface area (Å²) >= 11 is 0. The SMILES string of the molecule is C=C=CC(=O)Nc1ccc(C(=O)N2CCCCC2)cc1. The molecule has 0 radical (unpaired) electrons. The summed E-state index contributed by atoms with van der Waals surface area (Å²) in [6, 6.07) is 6.94. The first-order valence-electron chi connectivity index (χ1n) is 6.77. The molecule has 0 spiro atoms. The first-order chi connectivity index (χ1) is 9.70. The lowest BCUT2D eigenvalue weighted by Gasteiger charge is -2.26. The summed E-state index contributed by atoms with van der Waals surface area (Å²) in [6.45, 7) is 5.01. The van der Waals surface area contributed by atoms with E-state index in [1.807, 2.05) is 4.90 Å². The van der Waals surface area contributed by atoms with Gasteiger partial charge in [-0.15, -0.1) is 5.73 Å². The van der Waals surface area contributed by atoms with E-state index < -0.39 is 0 Å². The first-order valence-corrected chi connectivity index (χ1v) is 6.77. The smallest absolute Gasteiger partial charge is 0.256 e.